The Labute approximate surface area is 125 Å². The van der Waals surface area contributed by atoms with Crippen LogP contribution in [0.4, 0.5) is 0 Å². The molecule has 3 rings (SSSR count). The van der Waals surface area contributed by atoms with Crippen LogP contribution in [0, 0.1) is 6.92 Å². The van der Waals surface area contributed by atoms with Crippen LogP contribution in [0.2, 0.25) is 0 Å². The van der Waals surface area contributed by atoms with Gasteiger partial charge in [0, 0.05) is 55.0 Å². The SMILES string of the molecule is Cc1c(CNCCc2ccccn2)n(C)c2ccccc12. The first-order chi connectivity index (χ1) is 10.3. The number of fused-ring (bicyclic) bond motifs is 1. The van der Waals surface area contributed by atoms with E-state index >= 15 is 0 Å². The molecule has 0 fully saturated rings. The molecular formula is C18H21N3. The van der Waals surface area contributed by atoms with Crippen molar-refractivity contribution >= 4 is 10.9 Å². The summed E-state index contributed by atoms with van der Waals surface area (Å²) in [7, 11) is 2.14. The lowest BCUT2D eigenvalue weighted by Crippen LogP contribution is -2.19. The Morgan fingerprint density at radius 1 is 1.10 bits per heavy atom. The lowest BCUT2D eigenvalue weighted by atomic mass is 10.1. The monoisotopic (exact) mass is 279 g/mol. The molecule has 108 valence electrons. The summed E-state index contributed by atoms with van der Waals surface area (Å²) in [5, 5.41) is 4.88. The summed E-state index contributed by atoms with van der Waals surface area (Å²) in [5.74, 6) is 0. The van der Waals surface area contributed by atoms with E-state index in [1.807, 2.05) is 18.3 Å². The van der Waals surface area contributed by atoms with Gasteiger partial charge in [0.2, 0.25) is 0 Å². The van der Waals surface area contributed by atoms with Gasteiger partial charge in [-0.05, 0) is 30.7 Å². The highest BCUT2D eigenvalue weighted by atomic mass is 15.0. The van der Waals surface area contributed by atoms with Gasteiger partial charge in [-0.3, -0.25) is 4.98 Å². The highest BCUT2D eigenvalue weighted by molar-refractivity contribution is 5.85. The number of para-hydroxylation sites is 1. The van der Waals surface area contributed by atoms with E-state index < -0.39 is 0 Å². The second-order valence-corrected chi connectivity index (χ2v) is 5.40. The van der Waals surface area contributed by atoms with E-state index in [-0.39, 0.29) is 0 Å². The molecule has 0 spiro atoms. The van der Waals surface area contributed by atoms with E-state index in [9.17, 15) is 0 Å². The van der Waals surface area contributed by atoms with Gasteiger partial charge in [-0.1, -0.05) is 24.3 Å². The van der Waals surface area contributed by atoms with Crippen molar-refractivity contribution in [1.29, 1.82) is 0 Å². The predicted octanol–water partition coefficient (Wildman–Crippen LogP) is 3.21. The van der Waals surface area contributed by atoms with Crippen molar-refractivity contribution < 1.29 is 0 Å². The average molecular weight is 279 g/mol. The van der Waals surface area contributed by atoms with Crippen molar-refractivity contribution in [3.8, 4) is 0 Å². The zero-order valence-electron chi connectivity index (χ0n) is 12.6. The lowest BCUT2D eigenvalue weighted by Gasteiger charge is -2.08. The van der Waals surface area contributed by atoms with E-state index in [0.717, 1.165) is 25.2 Å². The number of nitrogens with zero attached hydrogens (tertiary/aromatic N) is 2. The first-order valence-electron chi connectivity index (χ1n) is 7.41. The minimum atomic E-state index is 0.893. The van der Waals surface area contributed by atoms with Crippen LogP contribution in [0.3, 0.4) is 0 Å². The van der Waals surface area contributed by atoms with Gasteiger partial charge in [-0.2, -0.15) is 0 Å². The molecule has 0 atom stereocenters. The maximum Gasteiger partial charge on any atom is 0.0483 e. The van der Waals surface area contributed by atoms with Crippen molar-refractivity contribution in [3.63, 3.8) is 0 Å². The van der Waals surface area contributed by atoms with Gasteiger partial charge < -0.3 is 9.88 Å². The Bertz CT molecular complexity index is 690. The summed E-state index contributed by atoms with van der Waals surface area (Å²) in [5.41, 5.74) is 5.17. The number of aryl methyl sites for hydroxylation is 2. The van der Waals surface area contributed by atoms with E-state index in [4.69, 9.17) is 0 Å². The van der Waals surface area contributed by atoms with Crippen LogP contribution in [-0.2, 0) is 20.0 Å². The quantitative estimate of drug-likeness (QED) is 0.727. The molecule has 0 saturated heterocycles. The third kappa shape index (κ3) is 2.83. The Kier molecular flexibility index (Phi) is 4.02. The fourth-order valence-electron chi connectivity index (χ4n) is 2.86. The molecule has 0 amide bonds. The zero-order valence-corrected chi connectivity index (χ0v) is 12.6. The number of hydrogen-bond donors (Lipinski definition) is 1. The van der Waals surface area contributed by atoms with Crippen molar-refractivity contribution in [1.82, 2.24) is 14.9 Å². The van der Waals surface area contributed by atoms with Gasteiger partial charge in [-0.25, -0.2) is 0 Å². The summed E-state index contributed by atoms with van der Waals surface area (Å²) in [6.45, 7) is 4.04. The lowest BCUT2D eigenvalue weighted by molar-refractivity contribution is 0.649. The topological polar surface area (TPSA) is 29.9 Å². The third-order valence-corrected chi connectivity index (χ3v) is 4.08. The summed E-state index contributed by atoms with van der Waals surface area (Å²) < 4.78 is 2.29. The largest absolute Gasteiger partial charge is 0.346 e. The molecule has 0 aliphatic rings. The fraction of sp³-hybridized carbons (Fsp3) is 0.278. The molecule has 3 aromatic rings. The van der Waals surface area contributed by atoms with E-state index in [1.165, 1.54) is 22.2 Å². The van der Waals surface area contributed by atoms with E-state index in [1.54, 1.807) is 0 Å². The van der Waals surface area contributed by atoms with Crippen LogP contribution in [0.25, 0.3) is 10.9 Å². The van der Waals surface area contributed by atoms with Crippen molar-refractivity contribution in [2.45, 2.75) is 19.9 Å². The molecule has 0 saturated carbocycles. The minimum Gasteiger partial charge on any atom is -0.346 e. The Hall–Kier alpha value is -2.13. The molecule has 1 aromatic carbocycles. The maximum atomic E-state index is 4.35. The van der Waals surface area contributed by atoms with Crippen LogP contribution in [0.1, 0.15) is 17.0 Å². The predicted molar refractivity (Wildman–Crippen MR) is 87.3 cm³/mol. The van der Waals surface area contributed by atoms with E-state index in [0.29, 0.717) is 0 Å². The molecule has 0 radical (unpaired) electrons. The molecular weight excluding hydrogens is 258 g/mol. The van der Waals surface area contributed by atoms with Crippen LogP contribution < -0.4 is 5.32 Å². The summed E-state index contributed by atoms with van der Waals surface area (Å²) in [6, 6.07) is 14.6. The van der Waals surface area contributed by atoms with Crippen LogP contribution in [0.15, 0.2) is 48.7 Å². The van der Waals surface area contributed by atoms with Crippen LogP contribution >= 0.6 is 0 Å². The first-order valence-corrected chi connectivity index (χ1v) is 7.41. The Balaban J connectivity index is 1.66. The normalized spacial score (nSPS) is 11.1. The van der Waals surface area contributed by atoms with Crippen molar-refractivity contribution in [2.75, 3.05) is 6.54 Å². The summed E-state index contributed by atoms with van der Waals surface area (Å²) >= 11 is 0. The maximum absolute atomic E-state index is 4.35. The van der Waals surface area contributed by atoms with E-state index in [2.05, 4.69) is 59.2 Å². The molecule has 21 heavy (non-hydrogen) atoms. The fourth-order valence-corrected chi connectivity index (χ4v) is 2.86. The number of nitrogens with one attached hydrogen (secondary N) is 1. The highest BCUT2D eigenvalue weighted by Gasteiger charge is 2.10. The first kappa shape index (κ1) is 13.8. The zero-order chi connectivity index (χ0) is 14.7. The Morgan fingerprint density at radius 3 is 2.67 bits per heavy atom. The van der Waals surface area contributed by atoms with Crippen molar-refractivity contribution in [2.24, 2.45) is 7.05 Å². The van der Waals surface area contributed by atoms with Gasteiger partial charge in [0.15, 0.2) is 0 Å². The van der Waals surface area contributed by atoms with Gasteiger partial charge in [0.1, 0.15) is 0 Å². The minimum absolute atomic E-state index is 0.893. The number of benzene rings is 1. The van der Waals surface area contributed by atoms with Gasteiger partial charge >= 0.3 is 0 Å². The molecule has 0 unspecified atom stereocenters. The molecule has 1 N–H and O–H groups in total. The molecule has 3 nitrogen and oxygen atoms in total. The number of hydrogen-bond acceptors (Lipinski definition) is 2. The molecule has 2 heterocycles. The van der Waals surface area contributed by atoms with Crippen LogP contribution in [-0.4, -0.2) is 16.1 Å². The second-order valence-electron chi connectivity index (χ2n) is 5.40. The third-order valence-electron chi connectivity index (χ3n) is 4.08. The molecule has 2 aromatic heterocycles. The molecule has 0 aliphatic heterocycles. The molecule has 3 heteroatoms. The number of aromatic nitrogens is 2. The summed E-state index contributed by atoms with van der Waals surface area (Å²) in [4.78, 5) is 4.35. The summed E-state index contributed by atoms with van der Waals surface area (Å²) in [6.07, 6.45) is 2.81. The van der Waals surface area contributed by atoms with Gasteiger partial charge in [0.05, 0.1) is 0 Å². The standard InChI is InChI=1S/C18H21N3/c1-14-16-8-3-4-9-17(16)21(2)18(14)13-19-12-10-15-7-5-6-11-20-15/h3-9,11,19H,10,12-13H2,1-2H3. The highest BCUT2D eigenvalue weighted by Crippen LogP contribution is 2.24. The number of rotatable bonds is 5. The van der Waals surface area contributed by atoms with Gasteiger partial charge in [0.25, 0.3) is 0 Å². The number of pyridine rings is 1. The Morgan fingerprint density at radius 2 is 1.90 bits per heavy atom. The van der Waals surface area contributed by atoms with Gasteiger partial charge in [-0.15, -0.1) is 0 Å². The molecule has 0 aliphatic carbocycles. The van der Waals surface area contributed by atoms with Crippen LogP contribution in [0.5, 0.6) is 0 Å². The molecule has 0 bridgehead atoms. The second kappa shape index (κ2) is 6.10. The average Bonchev–Trinajstić information content (AvgIpc) is 2.77. The smallest absolute Gasteiger partial charge is 0.0483 e. The van der Waals surface area contributed by atoms with Crippen molar-refractivity contribution in [3.05, 3.63) is 65.6 Å².